The van der Waals surface area contributed by atoms with E-state index in [1.807, 2.05) is 4.90 Å². The Kier molecular flexibility index (Phi) is 6.09. The number of nitro groups is 1. The molecule has 5 fully saturated rings. The molecule has 7 rings (SSSR count). The summed E-state index contributed by atoms with van der Waals surface area (Å²) in [4.78, 5) is 40.8. The molecule has 1 saturated heterocycles. The fourth-order valence-corrected chi connectivity index (χ4v) is 7.43. The summed E-state index contributed by atoms with van der Waals surface area (Å²) in [6.07, 6.45) is 6.07. The van der Waals surface area contributed by atoms with Crippen LogP contribution in [0.3, 0.4) is 0 Å². The minimum absolute atomic E-state index is 0.0245. The lowest BCUT2D eigenvalue weighted by Crippen LogP contribution is -2.55. The normalized spacial score (nSPS) is 28.3. The van der Waals surface area contributed by atoms with Crippen molar-refractivity contribution in [2.45, 2.75) is 38.1 Å². The lowest BCUT2D eigenvalue weighted by atomic mass is 9.54. The minimum Gasteiger partial charge on any atom is -0.362 e. The molecule has 1 N–H and O–H groups in total. The van der Waals surface area contributed by atoms with Crippen LogP contribution in [-0.2, 0) is 0 Å². The van der Waals surface area contributed by atoms with Gasteiger partial charge in [0.15, 0.2) is 0 Å². The van der Waals surface area contributed by atoms with Crippen LogP contribution in [0.5, 0.6) is 0 Å². The van der Waals surface area contributed by atoms with Gasteiger partial charge in [-0.3, -0.25) is 19.7 Å². The lowest BCUT2D eigenvalue weighted by Gasteiger charge is -2.54. The van der Waals surface area contributed by atoms with E-state index in [-0.39, 0.29) is 29.1 Å². The second kappa shape index (κ2) is 9.43. The number of piperazine rings is 1. The van der Waals surface area contributed by atoms with Gasteiger partial charge in [-0.05, 0) is 80.0 Å². The summed E-state index contributed by atoms with van der Waals surface area (Å²) in [7, 11) is 0. The number of nitrogens with one attached hydrogen (secondary N) is 1. The molecule has 1 heterocycles. The van der Waals surface area contributed by atoms with E-state index in [1.54, 1.807) is 23.1 Å². The molecule has 2 aromatic rings. The maximum atomic E-state index is 14.0. The molecule has 4 saturated carbocycles. The molecular formula is C28H31FN4O4. The van der Waals surface area contributed by atoms with Crippen molar-refractivity contribution < 1.29 is 18.9 Å². The number of benzene rings is 2. The first-order chi connectivity index (χ1) is 17.9. The van der Waals surface area contributed by atoms with Crippen LogP contribution < -0.4 is 10.2 Å². The van der Waals surface area contributed by atoms with Gasteiger partial charge in [0, 0.05) is 43.9 Å². The molecule has 37 heavy (non-hydrogen) atoms. The lowest BCUT2D eigenvalue weighted by molar-refractivity contribution is -0.384. The molecule has 194 valence electrons. The van der Waals surface area contributed by atoms with Gasteiger partial charge in [0.1, 0.15) is 11.5 Å². The first-order valence-corrected chi connectivity index (χ1v) is 13.3. The molecule has 0 radical (unpaired) electrons. The Balaban J connectivity index is 1.14. The summed E-state index contributed by atoms with van der Waals surface area (Å²) < 4.78 is 14.0. The van der Waals surface area contributed by atoms with Crippen LogP contribution in [0.15, 0.2) is 42.5 Å². The number of anilines is 1. The fourth-order valence-electron chi connectivity index (χ4n) is 7.43. The third-order valence-electron chi connectivity index (χ3n) is 8.97. The Hall–Kier alpha value is -3.49. The largest absolute Gasteiger partial charge is 0.362 e. The van der Waals surface area contributed by atoms with Crippen molar-refractivity contribution in [3.8, 4) is 0 Å². The second-order valence-corrected chi connectivity index (χ2v) is 11.1. The number of carbonyl (C=O) groups excluding carboxylic acids is 2. The van der Waals surface area contributed by atoms with Crippen LogP contribution in [0, 0.1) is 39.6 Å². The Morgan fingerprint density at radius 2 is 1.57 bits per heavy atom. The van der Waals surface area contributed by atoms with E-state index >= 15 is 0 Å². The summed E-state index contributed by atoms with van der Waals surface area (Å²) in [6.45, 7) is 1.39. The summed E-state index contributed by atoms with van der Waals surface area (Å²) in [6, 6.07) is 10.7. The van der Waals surface area contributed by atoms with Crippen molar-refractivity contribution in [1.29, 1.82) is 0 Å². The van der Waals surface area contributed by atoms with Crippen LogP contribution in [0.1, 0.15) is 52.8 Å². The number of rotatable bonds is 5. The molecule has 0 unspecified atom stereocenters. The highest BCUT2D eigenvalue weighted by Gasteiger charge is 2.48. The molecule has 0 spiro atoms. The topological polar surface area (TPSA) is 95.8 Å². The molecule has 0 aromatic heterocycles. The fraction of sp³-hybridized carbons (Fsp3) is 0.500. The monoisotopic (exact) mass is 506 g/mol. The highest BCUT2D eigenvalue weighted by molar-refractivity contribution is 5.96. The molecule has 4 bridgehead atoms. The second-order valence-electron chi connectivity index (χ2n) is 11.1. The van der Waals surface area contributed by atoms with Gasteiger partial charge >= 0.3 is 0 Å². The number of hydrogen-bond acceptors (Lipinski definition) is 5. The first-order valence-electron chi connectivity index (χ1n) is 13.3. The van der Waals surface area contributed by atoms with E-state index in [0.717, 1.165) is 11.8 Å². The Bertz CT molecular complexity index is 1210. The smallest absolute Gasteiger partial charge is 0.293 e. The van der Waals surface area contributed by atoms with Crippen molar-refractivity contribution >= 4 is 23.2 Å². The van der Waals surface area contributed by atoms with E-state index in [1.165, 1.54) is 56.4 Å². The van der Waals surface area contributed by atoms with E-state index < -0.39 is 10.7 Å². The van der Waals surface area contributed by atoms with Crippen LogP contribution in [0.4, 0.5) is 15.8 Å². The number of nitro benzene ring substituents is 1. The summed E-state index contributed by atoms with van der Waals surface area (Å²) in [5.41, 5.74) is 0.634. The van der Waals surface area contributed by atoms with E-state index in [4.69, 9.17) is 0 Å². The van der Waals surface area contributed by atoms with E-state index in [2.05, 4.69) is 5.32 Å². The number of carbonyl (C=O) groups is 2. The molecule has 1 aliphatic heterocycles. The average molecular weight is 507 g/mol. The van der Waals surface area contributed by atoms with Gasteiger partial charge in [-0.2, -0.15) is 0 Å². The Labute approximate surface area is 215 Å². The highest BCUT2D eigenvalue weighted by atomic mass is 19.1. The van der Waals surface area contributed by atoms with Crippen molar-refractivity contribution in [2.75, 3.05) is 31.1 Å². The van der Waals surface area contributed by atoms with Gasteiger partial charge in [-0.1, -0.05) is 12.1 Å². The predicted molar refractivity (Wildman–Crippen MR) is 136 cm³/mol. The van der Waals surface area contributed by atoms with Crippen LogP contribution >= 0.6 is 0 Å². The number of hydrogen-bond donors (Lipinski definition) is 1. The number of halogens is 1. The summed E-state index contributed by atoms with van der Waals surface area (Å²) in [5, 5.41) is 15.2. The Morgan fingerprint density at radius 1 is 0.919 bits per heavy atom. The maximum Gasteiger partial charge on any atom is 0.293 e. The molecule has 2 amide bonds. The molecule has 2 aromatic carbocycles. The van der Waals surface area contributed by atoms with E-state index in [0.29, 0.717) is 49.3 Å². The molecule has 5 aliphatic rings. The van der Waals surface area contributed by atoms with Crippen LogP contribution in [0.2, 0.25) is 0 Å². The standard InChI is InChI=1S/C28H31FN4O4/c29-23-4-2-1-3-22(23)28(35)32-9-7-31(8-10-32)24-6-5-19(16-25(24)33(36)37)27(34)30-26-20-12-17-11-18(14-20)15-21(26)13-17/h1-6,16-18,20-21,26H,7-15H2,(H,30,34). The van der Waals surface area contributed by atoms with Gasteiger partial charge in [-0.25, -0.2) is 4.39 Å². The van der Waals surface area contributed by atoms with Gasteiger partial charge in [0.25, 0.3) is 17.5 Å². The zero-order chi connectivity index (χ0) is 25.7. The maximum absolute atomic E-state index is 14.0. The summed E-state index contributed by atoms with van der Waals surface area (Å²) in [5.74, 6) is 1.47. The number of amides is 2. The summed E-state index contributed by atoms with van der Waals surface area (Å²) >= 11 is 0. The molecule has 9 heteroatoms. The van der Waals surface area contributed by atoms with Crippen LogP contribution in [-0.4, -0.2) is 53.9 Å². The molecule has 4 aliphatic carbocycles. The van der Waals surface area contributed by atoms with Gasteiger partial charge in [0.05, 0.1) is 10.5 Å². The quantitative estimate of drug-likeness (QED) is 0.483. The Morgan fingerprint density at radius 3 is 2.19 bits per heavy atom. The zero-order valence-electron chi connectivity index (χ0n) is 20.6. The SMILES string of the molecule is O=C(NC1C2CC3CC(C2)CC1C3)c1ccc(N2CCN(C(=O)c3ccccc3F)CC2)c([N+](=O)[O-])c1. The molecular weight excluding hydrogens is 475 g/mol. The van der Waals surface area contributed by atoms with Gasteiger partial charge in [0.2, 0.25) is 0 Å². The van der Waals surface area contributed by atoms with Crippen molar-refractivity contribution in [1.82, 2.24) is 10.2 Å². The zero-order valence-corrected chi connectivity index (χ0v) is 20.6. The number of nitrogens with zero attached hydrogens (tertiary/aromatic N) is 3. The van der Waals surface area contributed by atoms with Crippen LogP contribution in [0.25, 0.3) is 0 Å². The van der Waals surface area contributed by atoms with Crippen molar-refractivity contribution in [3.63, 3.8) is 0 Å². The first kappa shape index (κ1) is 23.9. The van der Waals surface area contributed by atoms with Gasteiger partial charge in [-0.15, -0.1) is 0 Å². The van der Waals surface area contributed by atoms with E-state index in [9.17, 15) is 24.1 Å². The average Bonchev–Trinajstić information content (AvgIpc) is 2.90. The van der Waals surface area contributed by atoms with Crippen molar-refractivity contribution in [3.05, 3.63) is 69.5 Å². The third kappa shape index (κ3) is 4.45. The van der Waals surface area contributed by atoms with Crippen molar-refractivity contribution in [2.24, 2.45) is 23.7 Å². The minimum atomic E-state index is -0.562. The van der Waals surface area contributed by atoms with Gasteiger partial charge < -0.3 is 15.1 Å². The third-order valence-corrected chi connectivity index (χ3v) is 8.97. The molecule has 8 nitrogen and oxygen atoms in total. The molecule has 0 atom stereocenters. The highest BCUT2D eigenvalue weighted by Crippen LogP contribution is 2.53. The predicted octanol–water partition coefficient (Wildman–Crippen LogP) is 4.25.